The summed E-state index contributed by atoms with van der Waals surface area (Å²) >= 11 is 0. The second-order valence-corrected chi connectivity index (χ2v) is 7.56. The highest BCUT2D eigenvalue weighted by Gasteiger charge is 2.41. The summed E-state index contributed by atoms with van der Waals surface area (Å²) in [5.41, 5.74) is 5.62. The Morgan fingerprint density at radius 3 is 2.65 bits per heavy atom. The van der Waals surface area contributed by atoms with Crippen LogP contribution < -0.4 is 10.6 Å². The fraction of sp³-hybridized carbons (Fsp3) is 0.700. The second kappa shape index (κ2) is 8.82. The van der Waals surface area contributed by atoms with Crippen molar-refractivity contribution in [1.29, 1.82) is 0 Å². The summed E-state index contributed by atoms with van der Waals surface area (Å²) in [6.07, 6.45) is 5.53. The minimum Gasteiger partial charge on any atom is -0.381 e. The van der Waals surface area contributed by atoms with Crippen molar-refractivity contribution in [2.24, 2.45) is 17.1 Å². The molecule has 6 nitrogen and oxygen atoms in total. The van der Waals surface area contributed by atoms with Crippen molar-refractivity contribution in [3.8, 4) is 0 Å². The fourth-order valence-electron chi connectivity index (χ4n) is 4.16. The first-order chi connectivity index (χ1) is 12.7. The van der Waals surface area contributed by atoms with E-state index in [1.54, 1.807) is 0 Å². The number of ether oxygens (including phenoxy) is 1. The Balaban J connectivity index is 1.56. The minimum atomic E-state index is -0.414. The number of carbonyl (C=O) groups excluding carboxylic acids is 1. The predicted octanol–water partition coefficient (Wildman–Crippen LogP) is 1.90. The third-order valence-electron chi connectivity index (χ3n) is 6.03. The first-order valence-electron chi connectivity index (χ1n) is 9.91. The Morgan fingerprint density at radius 2 is 2.08 bits per heavy atom. The van der Waals surface area contributed by atoms with E-state index in [4.69, 9.17) is 10.5 Å². The van der Waals surface area contributed by atoms with Gasteiger partial charge in [0.05, 0.1) is 5.41 Å². The molecule has 6 heteroatoms. The van der Waals surface area contributed by atoms with Gasteiger partial charge in [-0.05, 0) is 50.7 Å². The van der Waals surface area contributed by atoms with Crippen LogP contribution in [0.4, 0.5) is 5.82 Å². The van der Waals surface area contributed by atoms with Gasteiger partial charge >= 0.3 is 0 Å². The molecule has 0 spiro atoms. The van der Waals surface area contributed by atoms with Gasteiger partial charge in [-0.2, -0.15) is 0 Å². The lowest BCUT2D eigenvalue weighted by atomic mass is 9.78. The van der Waals surface area contributed by atoms with Crippen molar-refractivity contribution >= 4 is 11.7 Å². The van der Waals surface area contributed by atoms with Gasteiger partial charge in [0.15, 0.2) is 0 Å². The smallest absolute Gasteiger partial charge is 0.230 e. The maximum atomic E-state index is 13.2. The van der Waals surface area contributed by atoms with Crippen molar-refractivity contribution < 1.29 is 9.53 Å². The SMILES string of the molecule is CCN(CC1CCN(c2ccccn2)CC1)C(=O)C1(CN)CCOCC1. The highest BCUT2D eigenvalue weighted by atomic mass is 16.5. The first-order valence-corrected chi connectivity index (χ1v) is 9.91. The van der Waals surface area contributed by atoms with Crippen LogP contribution in [0.15, 0.2) is 24.4 Å². The predicted molar refractivity (Wildman–Crippen MR) is 103 cm³/mol. The summed E-state index contributed by atoms with van der Waals surface area (Å²) in [6.45, 7) is 7.38. The fourth-order valence-corrected chi connectivity index (χ4v) is 4.16. The van der Waals surface area contributed by atoms with Crippen LogP contribution in [0.1, 0.15) is 32.6 Å². The molecule has 0 saturated carbocycles. The van der Waals surface area contributed by atoms with Gasteiger partial charge in [-0.25, -0.2) is 4.98 Å². The largest absolute Gasteiger partial charge is 0.381 e. The van der Waals surface area contributed by atoms with Gasteiger partial charge in [0.25, 0.3) is 0 Å². The van der Waals surface area contributed by atoms with E-state index in [0.717, 1.165) is 57.7 Å². The van der Waals surface area contributed by atoms with Crippen molar-refractivity contribution in [3.63, 3.8) is 0 Å². The van der Waals surface area contributed by atoms with E-state index in [-0.39, 0.29) is 5.91 Å². The van der Waals surface area contributed by atoms with E-state index in [1.807, 2.05) is 23.2 Å². The number of pyridine rings is 1. The molecule has 0 unspecified atom stereocenters. The molecule has 3 heterocycles. The van der Waals surface area contributed by atoms with Crippen LogP contribution in [0, 0.1) is 11.3 Å². The Morgan fingerprint density at radius 1 is 1.35 bits per heavy atom. The van der Waals surface area contributed by atoms with Crippen LogP contribution in [0.25, 0.3) is 0 Å². The van der Waals surface area contributed by atoms with Crippen molar-refractivity contribution in [1.82, 2.24) is 9.88 Å². The number of anilines is 1. The average molecular weight is 361 g/mol. The van der Waals surface area contributed by atoms with Crippen molar-refractivity contribution in [2.45, 2.75) is 32.6 Å². The molecule has 144 valence electrons. The molecular formula is C20H32N4O2. The average Bonchev–Trinajstić information content (AvgIpc) is 2.73. The van der Waals surface area contributed by atoms with E-state index in [2.05, 4.69) is 22.9 Å². The molecule has 0 aromatic carbocycles. The Labute approximate surface area is 156 Å². The highest BCUT2D eigenvalue weighted by Crippen LogP contribution is 2.32. The second-order valence-electron chi connectivity index (χ2n) is 7.56. The standard InChI is InChI=1S/C20H32N4O2/c1-2-23(19(25)20(16-21)8-13-26-14-9-20)15-17-6-11-24(12-7-17)18-5-3-4-10-22-18/h3-5,10,17H,2,6-9,11-16,21H2,1H3. The zero-order valence-electron chi connectivity index (χ0n) is 15.9. The number of amides is 1. The molecule has 2 aliphatic rings. The molecule has 1 aromatic heterocycles. The molecular weight excluding hydrogens is 328 g/mol. The summed E-state index contributed by atoms with van der Waals surface area (Å²) in [6, 6.07) is 6.05. The third kappa shape index (κ3) is 4.18. The molecule has 3 rings (SSSR count). The number of nitrogens with zero attached hydrogens (tertiary/aromatic N) is 3. The number of hydrogen-bond acceptors (Lipinski definition) is 5. The molecule has 0 atom stereocenters. The van der Waals surface area contributed by atoms with E-state index < -0.39 is 5.41 Å². The van der Waals surface area contributed by atoms with Gasteiger partial charge in [0.1, 0.15) is 5.82 Å². The maximum absolute atomic E-state index is 13.2. The first kappa shape index (κ1) is 19.1. The van der Waals surface area contributed by atoms with Crippen LogP contribution in [-0.4, -0.2) is 61.7 Å². The van der Waals surface area contributed by atoms with Crippen LogP contribution >= 0.6 is 0 Å². The van der Waals surface area contributed by atoms with Crippen LogP contribution in [-0.2, 0) is 9.53 Å². The number of aromatic nitrogens is 1. The monoisotopic (exact) mass is 360 g/mol. The van der Waals surface area contributed by atoms with Crippen LogP contribution in [0.5, 0.6) is 0 Å². The Kier molecular flexibility index (Phi) is 6.48. The molecule has 2 fully saturated rings. The highest BCUT2D eigenvalue weighted by molar-refractivity contribution is 5.83. The third-order valence-corrected chi connectivity index (χ3v) is 6.03. The summed E-state index contributed by atoms with van der Waals surface area (Å²) in [4.78, 5) is 22.0. The molecule has 0 bridgehead atoms. The molecule has 2 N–H and O–H groups in total. The Bertz CT molecular complexity index is 566. The van der Waals surface area contributed by atoms with Crippen LogP contribution in [0.2, 0.25) is 0 Å². The lowest BCUT2D eigenvalue weighted by molar-refractivity contribution is -0.147. The van der Waals surface area contributed by atoms with Gasteiger partial charge in [0, 0.05) is 52.1 Å². The lowest BCUT2D eigenvalue weighted by Crippen LogP contribution is -2.52. The number of rotatable bonds is 6. The number of hydrogen-bond donors (Lipinski definition) is 1. The topological polar surface area (TPSA) is 71.7 Å². The van der Waals surface area contributed by atoms with Crippen molar-refractivity contribution in [3.05, 3.63) is 24.4 Å². The number of carbonyl (C=O) groups is 1. The summed E-state index contributed by atoms with van der Waals surface area (Å²) in [5.74, 6) is 1.84. The van der Waals surface area contributed by atoms with Gasteiger partial charge in [0.2, 0.25) is 5.91 Å². The molecule has 2 aliphatic heterocycles. The molecule has 2 saturated heterocycles. The zero-order valence-corrected chi connectivity index (χ0v) is 15.9. The molecule has 1 amide bonds. The van der Waals surface area contributed by atoms with Gasteiger partial charge in [-0.1, -0.05) is 6.07 Å². The van der Waals surface area contributed by atoms with Gasteiger partial charge in [-0.15, -0.1) is 0 Å². The maximum Gasteiger partial charge on any atom is 0.230 e. The van der Waals surface area contributed by atoms with Gasteiger partial charge < -0.3 is 20.3 Å². The van der Waals surface area contributed by atoms with Gasteiger partial charge in [-0.3, -0.25) is 4.79 Å². The lowest BCUT2D eigenvalue weighted by Gasteiger charge is -2.41. The molecule has 0 aliphatic carbocycles. The van der Waals surface area contributed by atoms with Crippen molar-refractivity contribution in [2.75, 3.05) is 50.8 Å². The van der Waals surface area contributed by atoms with Crippen LogP contribution in [0.3, 0.4) is 0 Å². The molecule has 0 radical (unpaired) electrons. The Hall–Kier alpha value is -1.66. The quantitative estimate of drug-likeness (QED) is 0.839. The summed E-state index contributed by atoms with van der Waals surface area (Å²) in [5, 5.41) is 0. The molecule has 1 aromatic rings. The minimum absolute atomic E-state index is 0.234. The number of nitrogens with two attached hydrogens (primary N) is 1. The molecule has 26 heavy (non-hydrogen) atoms. The zero-order chi connectivity index (χ0) is 18.4. The van der Waals surface area contributed by atoms with E-state index in [9.17, 15) is 4.79 Å². The number of piperidine rings is 1. The van der Waals surface area contributed by atoms with E-state index in [1.165, 1.54) is 0 Å². The van der Waals surface area contributed by atoms with E-state index in [0.29, 0.717) is 25.7 Å². The summed E-state index contributed by atoms with van der Waals surface area (Å²) < 4.78 is 5.46. The van der Waals surface area contributed by atoms with E-state index >= 15 is 0 Å². The normalized spacial score (nSPS) is 20.8. The summed E-state index contributed by atoms with van der Waals surface area (Å²) in [7, 11) is 0.